The lowest BCUT2D eigenvalue weighted by Gasteiger charge is -2.34. The van der Waals surface area contributed by atoms with Gasteiger partial charge in [-0.2, -0.15) is 0 Å². The van der Waals surface area contributed by atoms with Gasteiger partial charge in [-0.15, -0.1) is 0 Å². The first kappa shape index (κ1) is 15.2. The van der Waals surface area contributed by atoms with Crippen LogP contribution in [0.1, 0.15) is 12.5 Å². The summed E-state index contributed by atoms with van der Waals surface area (Å²) in [6.07, 6.45) is 0. The fourth-order valence-corrected chi connectivity index (χ4v) is 2.48. The van der Waals surface area contributed by atoms with E-state index in [0.29, 0.717) is 31.8 Å². The third-order valence-electron chi connectivity index (χ3n) is 3.32. The number of nitrogens with one attached hydrogen (secondary N) is 1. The number of rotatable bonds is 4. The molecule has 0 bridgehead atoms. The Morgan fingerprint density at radius 1 is 1.60 bits per heavy atom. The lowest BCUT2D eigenvalue weighted by Crippen LogP contribution is -2.54. The number of hydrogen-bond donors (Lipinski definition) is 1. The van der Waals surface area contributed by atoms with E-state index in [1.54, 1.807) is 19.1 Å². The Balaban J connectivity index is 2.12. The zero-order valence-corrected chi connectivity index (χ0v) is 12.1. The third kappa shape index (κ3) is 3.48. The molecule has 2 rings (SSSR count). The van der Waals surface area contributed by atoms with Crippen LogP contribution in [0.5, 0.6) is 0 Å². The molecular weight excluding hydrogens is 283 g/mol. The minimum Gasteiger partial charge on any atom is -0.465 e. The Labute approximate surface area is 122 Å². The highest BCUT2D eigenvalue weighted by Crippen LogP contribution is 2.22. The van der Waals surface area contributed by atoms with Gasteiger partial charge in [-0.25, -0.2) is 4.39 Å². The SMILES string of the molecule is CCOC(=O)C1CNCCN1Cc1cccc(F)c1Cl. The zero-order chi connectivity index (χ0) is 14.5. The van der Waals surface area contributed by atoms with Crippen LogP contribution in [-0.2, 0) is 16.1 Å². The van der Waals surface area contributed by atoms with Crippen LogP contribution in [0.4, 0.5) is 4.39 Å². The summed E-state index contributed by atoms with van der Waals surface area (Å²) in [4.78, 5) is 13.9. The van der Waals surface area contributed by atoms with Crippen LogP contribution in [0, 0.1) is 5.82 Å². The van der Waals surface area contributed by atoms with Gasteiger partial charge in [0.1, 0.15) is 11.9 Å². The minimum absolute atomic E-state index is 0.119. The fourth-order valence-electron chi connectivity index (χ4n) is 2.30. The van der Waals surface area contributed by atoms with Gasteiger partial charge in [0.15, 0.2) is 0 Å². The Morgan fingerprint density at radius 3 is 3.15 bits per heavy atom. The molecule has 20 heavy (non-hydrogen) atoms. The van der Waals surface area contributed by atoms with E-state index in [9.17, 15) is 9.18 Å². The van der Waals surface area contributed by atoms with Crippen LogP contribution in [0.15, 0.2) is 18.2 Å². The van der Waals surface area contributed by atoms with Crippen molar-refractivity contribution < 1.29 is 13.9 Å². The van der Waals surface area contributed by atoms with Crippen LogP contribution in [0.25, 0.3) is 0 Å². The fraction of sp³-hybridized carbons (Fsp3) is 0.500. The van der Waals surface area contributed by atoms with E-state index in [0.717, 1.165) is 6.54 Å². The van der Waals surface area contributed by atoms with E-state index in [1.165, 1.54) is 6.07 Å². The molecule has 1 saturated heterocycles. The normalized spacial score (nSPS) is 19.9. The number of carbonyl (C=O) groups is 1. The third-order valence-corrected chi connectivity index (χ3v) is 3.74. The first-order valence-corrected chi connectivity index (χ1v) is 7.05. The largest absolute Gasteiger partial charge is 0.465 e. The second-order valence-corrected chi connectivity index (χ2v) is 5.03. The highest BCUT2D eigenvalue weighted by molar-refractivity contribution is 6.31. The summed E-state index contributed by atoms with van der Waals surface area (Å²) >= 11 is 5.97. The molecule has 0 amide bonds. The molecule has 6 heteroatoms. The zero-order valence-electron chi connectivity index (χ0n) is 11.4. The van der Waals surface area contributed by atoms with E-state index in [1.807, 2.05) is 4.90 Å². The molecule has 1 aliphatic heterocycles. The second kappa shape index (κ2) is 7.02. The van der Waals surface area contributed by atoms with Crippen molar-refractivity contribution in [3.8, 4) is 0 Å². The number of hydrogen-bond acceptors (Lipinski definition) is 4. The first-order valence-electron chi connectivity index (χ1n) is 6.67. The Bertz CT molecular complexity index is 484. The van der Waals surface area contributed by atoms with Crippen LogP contribution >= 0.6 is 11.6 Å². The van der Waals surface area contributed by atoms with E-state index in [-0.39, 0.29) is 17.0 Å². The molecule has 1 aliphatic rings. The molecule has 0 aliphatic carbocycles. The maximum absolute atomic E-state index is 13.5. The van der Waals surface area contributed by atoms with Gasteiger partial charge in [0.05, 0.1) is 11.6 Å². The van der Waals surface area contributed by atoms with Gasteiger partial charge < -0.3 is 10.1 Å². The van der Waals surface area contributed by atoms with Gasteiger partial charge in [0.2, 0.25) is 0 Å². The summed E-state index contributed by atoms with van der Waals surface area (Å²) in [6, 6.07) is 4.36. The first-order chi connectivity index (χ1) is 9.63. The van der Waals surface area contributed by atoms with Crippen molar-refractivity contribution in [1.29, 1.82) is 0 Å². The van der Waals surface area contributed by atoms with Gasteiger partial charge >= 0.3 is 5.97 Å². The van der Waals surface area contributed by atoms with Crippen LogP contribution < -0.4 is 5.32 Å². The number of carbonyl (C=O) groups excluding carboxylic acids is 1. The monoisotopic (exact) mass is 300 g/mol. The molecule has 1 fully saturated rings. The predicted molar refractivity (Wildman–Crippen MR) is 75.1 cm³/mol. The van der Waals surface area contributed by atoms with E-state index in [4.69, 9.17) is 16.3 Å². The number of benzene rings is 1. The molecule has 1 unspecified atom stereocenters. The molecule has 0 aromatic heterocycles. The summed E-state index contributed by atoms with van der Waals surface area (Å²) in [5.41, 5.74) is 0.683. The number of piperazine rings is 1. The molecule has 0 saturated carbocycles. The molecule has 0 spiro atoms. The molecule has 110 valence electrons. The van der Waals surface area contributed by atoms with Gasteiger partial charge in [-0.1, -0.05) is 23.7 Å². The maximum Gasteiger partial charge on any atom is 0.324 e. The van der Waals surface area contributed by atoms with Crippen molar-refractivity contribution in [1.82, 2.24) is 10.2 Å². The van der Waals surface area contributed by atoms with Gasteiger partial charge in [-0.05, 0) is 18.6 Å². The quantitative estimate of drug-likeness (QED) is 0.861. The molecule has 1 aromatic carbocycles. The number of esters is 1. The standard InChI is InChI=1S/C14H18ClFN2O2/c1-2-20-14(19)12-8-17-6-7-18(12)9-10-4-3-5-11(16)13(10)15/h3-5,12,17H,2,6-9H2,1H3. The van der Waals surface area contributed by atoms with E-state index >= 15 is 0 Å². The average molecular weight is 301 g/mol. The lowest BCUT2D eigenvalue weighted by molar-refractivity contribution is -0.150. The van der Waals surface area contributed by atoms with E-state index < -0.39 is 5.82 Å². The van der Waals surface area contributed by atoms with Gasteiger partial charge in [-0.3, -0.25) is 9.69 Å². The Hall–Kier alpha value is -1.17. The number of halogens is 2. The summed E-state index contributed by atoms with van der Waals surface area (Å²) in [5, 5.41) is 3.29. The molecule has 1 atom stereocenters. The smallest absolute Gasteiger partial charge is 0.324 e. The highest BCUT2D eigenvalue weighted by Gasteiger charge is 2.30. The van der Waals surface area contributed by atoms with Crippen molar-refractivity contribution >= 4 is 17.6 Å². The lowest BCUT2D eigenvalue weighted by atomic mass is 10.1. The van der Waals surface area contributed by atoms with Crippen molar-refractivity contribution in [2.45, 2.75) is 19.5 Å². The van der Waals surface area contributed by atoms with Crippen molar-refractivity contribution in [2.24, 2.45) is 0 Å². The second-order valence-electron chi connectivity index (χ2n) is 4.66. The topological polar surface area (TPSA) is 41.6 Å². The predicted octanol–water partition coefficient (Wildman–Crippen LogP) is 1.82. The Morgan fingerprint density at radius 2 is 2.40 bits per heavy atom. The van der Waals surface area contributed by atoms with Gasteiger partial charge in [0.25, 0.3) is 0 Å². The number of nitrogens with zero attached hydrogens (tertiary/aromatic N) is 1. The van der Waals surface area contributed by atoms with Gasteiger partial charge in [0, 0.05) is 26.2 Å². The molecule has 1 N–H and O–H groups in total. The number of ether oxygens (including phenoxy) is 1. The molecule has 1 aromatic rings. The van der Waals surface area contributed by atoms with Crippen LogP contribution in [0.2, 0.25) is 5.02 Å². The highest BCUT2D eigenvalue weighted by atomic mass is 35.5. The molecule has 1 heterocycles. The summed E-state index contributed by atoms with van der Waals surface area (Å²) in [7, 11) is 0. The summed E-state index contributed by atoms with van der Waals surface area (Å²) in [5.74, 6) is -0.695. The molecule has 0 radical (unpaired) electrons. The van der Waals surface area contributed by atoms with Crippen molar-refractivity contribution in [3.05, 3.63) is 34.6 Å². The van der Waals surface area contributed by atoms with Crippen LogP contribution in [0.3, 0.4) is 0 Å². The molecule has 4 nitrogen and oxygen atoms in total. The Kier molecular flexibility index (Phi) is 5.34. The average Bonchev–Trinajstić information content (AvgIpc) is 2.45. The maximum atomic E-state index is 13.5. The van der Waals surface area contributed by atoms with Crippen molar-refractivity contribution in [2.75, 3.05) is 26.2 Å². The summed E-state index contributed by atoms with van der Waals surface area (Å²) < 4.78 is 18.5. The van der Waals surface area contributed by atoms with E-state index in [2.05, 4.69) is 5.32 Å². The molecular formula is C14H18ClFN2O2. The minimum atomic E-state index is -0.438. The van der Waals surface area contributed by atoms with Crippen LogP contribution in [-0.4, -0.2) is 43.2 Å². The van der Waals surface area contributed by atoms with Crippen molar-refractivity contribution in [3.63, 3.8) is 0 Å². The summed E-state index contributed by atoms with van der Waals surface area (Å²) in [6.45, 7) is 4.57.